The van der Waals surface area contributed by atoms with Gasteiger partial charge in [-0.2, -0.15) is 5.26 Å². The first-order valence-electron chi connectivity index (χ1n) is 5.93. The first-order valence-corrected chi connectivity index (χ1v) is 5.93. The Labute approximate surface area is 118 Å². The number of carbonyl (C=O) groups excluding carboxylic acids is 1. The van der Waals surface area contributed by atoms with E-state index in [0.717, 1.165) is 18.2 Å². The van der Waals surface area contributed by atoms with Gasteiger partial charge in [-0.05, 0) is 29.8 Å². The van der Waals surface area contributed by atoms with Gasteiger partial charge >= 0.3 is 0 Å². The van der Waals surface area contributed by atoms with Crippen LogP contribution in [0.4, 0.5) is 18.9 Å². The van der Waals surface area contributed by atoms with Crippen LogP contribution in [0.2, 0.25) is 0 Å². The molecule has 2 aromatic carbocycles. The van der Waals surface area contributed by atoms with E-state index in [4.69, 9.17) is 5.26 Å². The number of anilines is 1. The molecule has 2 aromatic rings. The van der Waals surface area contributed by atoms with Gasteiger partial charge in [0.2, 0.25) is 5.91 Å². The lowest BCUT2D eigenvalue weighted by molar-refractivity contribution is -0.115. The molecule has 0 aromatic heterocycles. The lowest BCUT2D eigenvalue weighted by Crippen LogP contribution is -2.15. The van der Waals surface area contributed by atoms with Crippen LogP contribution < -0.4 is 5.32 Å². The summed E-state index contributed by atoms with van der Waals surface area (Å²) in [6.07, 6.45) is -0.224. The van der Waals surface area contributed by atoms with Crippen molar-refractivity contribution in [3.05, 3.63) is 65.0 Å². The zero-order valence-electron chi connectivity index (χ0n) is 10.7. The van der Waals surface area contributed by atoms with E-state index in [-0.39, 0.29) is 23.2 Å². The quantitative estimate of drug-likeness (QED) is 0.944. The number of hydrogen-bond donors (Lipinski definition) is 1. The van der Waals surface area contributed by atoms with Gasteiger partial charge in [0.15, 0.2) is 11.6 Å². The van der Waals surface area contributed by atoms with Crippen LogP contribution >= 0.6 is 0 Å². The monoisotopic (exact) mass is 290 g/mol. The van der Waals surface area contributed by atoms with Crippen molar-refractivity contribution in [3.8, 4) is 6.07 Å². The van der Waals surface area contributed by atoms with Crippen LogP contribution in [0, 0.1) is 28.8 Å². The number of nitriles is 1. The number of hydrogen-bond acceptors (Lipinski definition) is 2. The number of benzene rings is 2. The van der Waals surface area contributed by atoms with E-state index in [1.165, 1.54) is 18.2 Å². The number of halogens is 3. The fraction of sp³-hybridized carbons (Fsp3) is 0.0667. The van der Waals surface area contributed by atoms with Gasteiger partial charge in [0, 0.05) is 0 Å². The van der Waals surface area contributed by atoms with Crippen LogP contribution in [-0.4, -0.2) is 5.91 Å². The van der Waals surface area contributed by atoms with E-state index < -0.39 is 23.4 Å². The molecule has 0 radical (unpaired) electrons. The molecule has 1 N–H and O–H groups in total. The molecule has 0 atom stereocenters. The molecule has 1 amide bonds. The Morgan fingerprint density at radius 2 is 1.86 bits per heavy atom. The highest BCUT2D eigenvalue weighted by atomic mass is 19.2. The average Bonchev–Trinajstić information content (AvgIpc) is 2.43. The van der Waals surface area contributed by atoms with E-state index in [1.807, 2.05) is 0 Å². The fourth-order valence-electron chi connectivity index (χ4n) is 1.77. The topological polar surface area (TPSA) is 52.9 Å². The van der Waals surface area contributed by atoms with Crippen molar-refractivity contribution in [2.24, 2.45) is 0 Å². The second kappa shape index (κ2) is 6.09. The standard InChI is InChI=1S/C15H9F3N2O/c16-11-2-1-3-14(10(11)8-19)20-15(21)7-9-4-5-12(17)13(18)6-9/h1-6H,7H2,(H,20,21). The number of amides is 1. The fourth-order valence-corrected chi connectivity index (χ4v) is 1.77. The molecule has 0 aliphatic carbocycles. The van der Waals surface area contributed by atoms with Crippen molar-refractivity contribution in [3.63, 3.8) is 0 Å². The van der Waals surface area contributed by atoms with Gasteiger partial charge in [-0.25, -0.2) is 13.2 Å². The SMILES string of the molecule is N#Cc1c(F)cccc1NC(=O)Cc1ccc(F)c(F)c1. The van der Waals surface area contributed by atoms with Gasteiger partial charge in [0.1, 0.15) is 17.4 Å². The average molecular weight is 290 g/mol. The highest BCUT2D eigenvalue weighted by molar-refractivity contribution is 5.93. The molecule has 0 aliphatic heterocycles. The number of carbonyl (C=O) groups is 1. The van der Waals surface area contributed by atoms with E-state index in [2.05, 4.69) is 5.32 Å². The Hall–Kier alpha value is -2.81. The van der Waals surface area contributed by atoms with Crippen LogP contribution in [0.25, 0.3) is 0 Å². The molecular formula is C15H9F3N2O. The number of nitrogens with one attached hydrogen (secondary N) is 1. The minimum Gasteiger partial charge on any atom is -0.325 e. The molecule has 0 saturated carbocycles. The molecule has 0 saturated heterocycles. The summed E-state index contributed by atoms with van der Waals surface area (Å²) in [4.78, 5) is 11.8. The molecule has 21 heavy (non-hydrogen) atoms. The van der Waals surface area contributed by atoms with Crippen LogP contribution in [0.1, 0.15) is 11.1 Å². The van der Waals surface area contributed by atoms with Gasteiger partial charge in [0.05, 0.1) is 12.1 Å². The zero-order valence-corrected chi connectivity index (χ0v) is 10.7. The van der Waals surface area contributed by atoms with Crippen molar-refractivity contribution in [2.75, 3.05) is 5.32 Å². The Morgan fingerprint density at radius 1 is 1.10 bits per heavy atom. The molecule has 0 fully saturated rings. The summed E-state index contributed by atoms with van der Waals surface area (Å²) >= 11 is 0. The lowest BCUT2D eigenvalue weighted by atomic mass is 10.1. The van der Waals surface area contributed by atoms with Crippen LogP contribution in [-0.2, 0) is 11.2 Å². The molecule has 6 heteroatoms. The van der Waals surface area contributed by atoms with E-state index in [1.54, 1.807) is 6.07 Å². The normalized spacial score (nSPS) is 10.0. The van der Waals surface area contributed by atoms with Gasteiger partial charge in [-0.3, -0.25) is 4.79 Å². The molecule has 0 unspecified atom stereocenters. The third-order valence-corrected chi connectivity index (χ3v) is 2.75. The van der Waals surface area contributed by atoms with Crippen molar-refractivity contribution >= 4 is 11.6 Å². The Balaban J connectivity index is 2.14. The highest BCUT2D eigenvalue weighted by Crippen LogP contribution is 2.18. The molecule has 0 aliphatic rings. The number of rotatable bonds is 3. The van der Waals surface area contributed by atoms with Crippen LogP contribution in [0.3, 0.4) is 0 Å². The van der Waals surface area contributed by atoms with E-state index in [9.17, 15) is 18.0 Å². The molecule has 106 valence electrons. The zero-order chi connectivity index (χ0) is 15.4. The maximum absolute atomic E-state index is 13.4. The molecule has 0 heterocycles. The summed E-state index contributed by atoms with van der Waals surface area (Å²) in [5.74, 6) is -3.37. The minimum absolute atomic E-state index is 0.0325. The van der Waals surface area contributed by atoms with Gasteiger partial charge < -0.3 is 5.32 Å². The van der Waals surface area contributed by atoms with Crippen LogP contribution in [0.5, 0.6) is 0 Å². The largest absolute Gasteiger partial charge is 0.325 e. The summed E-state index contributed by atoms with van der Waals surface area (Å²) in [7, 11) is 0. The van der Waals surface area contributed by atoms with Crippen LogP contribution in [0.15, 0.2) is 36.4 Å². The maximum Gasteiger partial charge on any atom is 0.228 e. The summed E-state index contributed by atoms with van der Waals surface area (Å²) in [6.45, 7) is 0. The molecule has 3 nitrogen and oxygen atoms in total. The first kappa shape index (κ1) is 14.6. The van der Waals surface area contributed by atoms with E-state index in [0.29, 0.717) is 0 Å². The molecule has 0 spiro atoms. The van der Waals surface area contributed by atoms with Crippen molar-refractivity contribution in [2.45, 2.75) is 6.42 Å². The minimum atomic E-state index is -1.05. The summed E-state index contributed by atoms with van der Waals surface area (Å²) in [5.41, 5.74) is 0.0162. The predicted octanol–water partition coefficient (Wildman–Crippen LogP) is 3.16. The Kier molecular flexibility index (Phi) is 4.24. The first-order chi connectivity index (χ1) is 10.0. The summed E-state index contributed by atoms with van der Waals surface area (Å²) < 4.78 is 39.2. The maximum atomic E-state index is 13.4. The highest BCUT2D eigenvalue weighted by Gasteiger charge is 2.12. The Morgan fingerprint density at radius 3 is 2.52 bits per heavy atom. The summed E-state index contributed by atoms with van der Waals surface area (Å²) in [6, 6.07) is 8.58. The van der Waals surface area contributed by atoms with Gasteiger partial charge in [-0.1, -0.05) is 12.1 Å². The van der Waals surface area contributed by atoms with Gasteiger partial charge in [-0.15, -0.1) is 0 Å². The van der Waals surface area contributed by atoms with Crippen molar-refractivity contribution < 1.29 is 18.0 Å². The Bertz CT molecular complexity index is 738. The lowest BCUT2D eigenvalue weighted by Gasteiger charge is -2.07. The predicted molar refractivity (Wildman–Crippen MR) is 69.8 cm³/mol. The molecule has 0 bridgehead atoms. The second-order valence-electron chi connectivity index (χ2n) is 4.25. The molecule has 2 rings (SSSR count). The van der Waals surface area contributed by atoms with Crippen molar-refractivity contribution in [1.29, 1.82) is 5.26 Å². The smallest absolute Gasteiger partial charge is 0.228 e. The van der Waals surface area contributed by atoms with E-state index >= 15 is 0 Å². The number of nitrogens with zero attached hydrogens (tertiary/aromatic N) is 1. The second-order valence-corrected chi connectivity index (χ2v) is 4.25. The third-order valence-electron chi connectivity index (χ3n) is 2.75. The molecular weight excluding hydrogens is 281 g/mol. The third kappa shape index (κ3) is 3.39. The van der Waals surface area contributed by atoms with Gasteiger partial charge in [0.25, 0.3) is 0 Å². The van der Waals surface area contributed by atoms with Crippen molar-refractivity contribution in [1.82, 2.24) is 0 Å². The summed E-state index contributed by atoms with van der Waals surface area (Å²) in [5, 5.41) is 11.2.